The summed E-state index contributed by atoms with van der Waals surface area (Å²) < 4.78 is 49.0. The molecule has 0 heterocycles. The molecule has 1 amide bonds. The Morgan fingerprint density at radius 2 is 1.28 bits per heavy atom. The van der Waals surface area contributed by atoms with Crippen LogP contribution >= 0.6 is 0 Å². The Morgan fingerprint density at radius 1 is 0.897 bits per heavy atom. The van der Waals surface area contributed by atoms with Crippen molar-refractivity contribution in [3.8, 4) is 11.5 Å². The highest BCUT2D eigenvalue weighted by atomic mass is 19.4. The van der Waals surface area contributed by atoms with Crippen LogP contribution in [0.15, 0.2) is 48.5 Å². The van der Waals surface area contributed by atoms with Crippen molar-refractivity contribution in [1.29, 1.82) is 0 Å². The molecule has 29 heavy (non-hydrogen) atoms. The number of hydrogen-bond donors (Lipinski definition) is 2. The van der Waals surface area contributed by atoms with Gasteiger partial charge in [0.05, 0.1) is 20.3 Å². The lowest BCUT2D eigenvalue weighted by atomic mass is 9.75. The number of alkyl halides is 3. The first-order valence-electron chi connectivity index (χ1n) is 8.93. The lowest BCUT2D eigenvalue weighted by Gasteiger charge is -2.40. The number of methoxy groups -OCH3 is 2. The molecule has 2 aromatic rings. The molecule has 0 aliphatic heterocycles. The molecule has 1 atom stereocenters. The molecule has 158 valence electrons. The van der Waals surface area contributed by atoms with E-state index in [1.165, 1.54) is 14.2 Å². The summed E-state index contributed by atoms with van der Waals surface area (Å²) >= 11 is 0. The molecule has 5 nitrogen and oxygen atoms in total. The Bertz CT molecular complexity index is 770. The van der Waals surface area contributed by atoms with Crippen LogP contribution in [0.1, 0.15) is 25.0 Å². The Hall–Kier alpha value is -2.74. The first-order valence-corrected chi connectivity index (χ1v) is 8.93. The molecule has 0 saturated heterocycles. The van der Waals surface area contributed by atoms with Crippen LogP contribution in [0.25, 0.3) is 0 Å². The van der Waals surface area contributed by atoms with Crippen molar-refractivity contribution in [1.82, 2.24) is 5.32 Å². The summed E-state index contributed by atoms with van der Waals surface area (Å²) in [4.78, 5) is 11.7. The molecule has 0 aliphatic carbocycles. The van der Waals surface area contributed by atoms with E-state index in [-0.39, 0.29) is 0 Å². The minimum Gasteiger partial charge on any atom is -0.497 e. The monoisotopic (exact) mass is 411 g/mol. The number of ether oxygens (including phenoxy) is 2. The summed E-state index contributed by atoms with van der Waals surface area (Å²) in [6.45, 7) is 3.25. The number of hydrogen-bond acceptors (Lipinski definition) is 4. The molecule has 2 aromatic carbocycles. The predicted molar refractivity (Wildman–Crippen MR) is 102 cm³/mol. The van der Waals surface area contributed by atoms with E-state index >= 15 is 0 Å². The van der Waals surface area contributed by atoms with Crippen LogP contribution in [0.3, 0.4) is 0 Å². The maximum Gasteiger partial charge on any atom is 0.471 e. The average molecular weight is 411 g/mol. The van der Waals surface area contributed by atoms with E-state index in [9.17, 15) is 23.1 Å². The van der Waals surface area contributed by atoms with E-state index in [4.69, 9.17) is 9.47 Å². The van der Waals surface area contributed by atoms with Gasteiger partial charge in [0.15, 0.2) is 0 Å². The Labute approximate surface area is 167 Å². The van der Waals surface area contributed by atoms with E-state index in [0.29, 0.717) is 22.6 Å². The number of carbonyl (C=O) groups is 1. The molecule has 0 unspecified atom stereocenters. The van der Waals surface area contributed by atoms with Gasteiger partial charge in [-0.3, -0.25) is 4.79 Å². The van der Waals surface area contributed by atoms with Crippen LogP contribution in [0.2, 0.25) is 0 Å². The van der Waals surface area contributed by atoms with Gasteiger partial charge < -0.3 is 19.9 Å². The molecule has 0 aromatic heterocycles. The van der Waals surface area contributed by atoms with Gasteiger partial charge in [-0.1, -0.05) is 38.1 Å². The van der Waals surface area contributed by atoms with Gasteiger partial charge >= 0.3 is 12.1 Å². The molecular weight excluding hydrogens is 387 g/mol. The summed E-state index contributed by atoms with van der Waals surface area (Å²) in [6.07, 6.45) is -5.08. The summed E-state index contributed by atoms with van der Waals surface area (Å²) in [5, 5.41) is 13.7. The molecule has 8 heteroatoms. The van der Waals surface area contributed by atoms with Crippen molar-refractivity contribution < 1.29 is 32.5 Å². The Kier molecular flexibility index (Phi) is 6.79. The number of halogens is 3. The van der Waals surface area contributed by atoms with Gasteiger partial charge in [0.25, 0.3) is 0 Å². The summed E-state index contributed by atoms with van der Waals surface area (Å²) in [5.41, 5.74) is -1.32. The molecule has 0 bridgehead atoms. The normalized spacial score (nSPS) is 13.1. The highest BCUT2D eigenvalue weighted by molar-refractivity contribution is 5.82. The smallest absolute Gasteiger partial charge is 0.471 e. The van der Waals surface area contributed by atoms with E-state index < -0.39 is 29.6 Å². The number of amides is 1. The molecule has 0 aliphatic rings. The summed E-state index contributed by atoms with van der Waals surface area (Å²) in [6, 6.07) is 11.3. The number of aliphatic hydroxyl groups is 1. The largest absolute Gasteiger partial charge is 0.497 e. The fraction of sp³-hybridized carbons (Fsp3) is 0.381. The zero-order valence-electron chi connectivity index (χ0n) is 16.6. The van der Waals surface area contributed by atoms with Gasteiger partial charge in [-0.05, 0) is 41.3 Å². The van der Waals surface area contributed by atoms with Gasteiger partial charge in [-0.15, -0.1) is 0 Å². The molecule has 0 radical (unpaired) electrons. The van der Waals surface area contributed by atoms with Crippen LogP contribution in [0.4, 0.5) is 13.2 Å². The van der Waals surface area contributed by atoms with Crippen LogP contribution in [-0.4, -0.2) is 37.5 Å². The second kappa shape index (κ2) is 8.73. The number of benzene rings is 2. The molecule has 0 spiro atoms. The van der Waals surface area contributed by atoms with Crippen molar-refractivity contribution in [2.45, 2.75) is 31.7 Å². The highest BCUT2D eigenvalue weighted by Crippen LogP contribution is 2.38. The van der Waals surface area contributed by atoms with Crippen molar-refractivity contribution in [3.05, 3.63) is 59.7 Å². The molecule has 2 rings (SSSR count). The SMILES string of the molecule is COc1ccc(C(O)(c2ccc(OC)cc2)[C@@H](NC(=O)C(F)(F)F)C(C)C)cc1. The average Bonchev–Trinajstić information content (AvgIpc) is 2.70. The van der Waals surface area contributed by atoms with Crippen LogP contribution in [-0.2, 0) is 10.4 Å². The quantitative estimate of drug-likeness (QED) is 0.730. The predicted octanol–water partition coefficient (Wildman–Crippen LogP) is 3.64. The summed E-state index contributed by atoms with van der Waals surface area (Å²) in [7, 11) is 2.95. The minimum atomic E-state index is -5.08. The first-order chi connectivity index (χ1) is 13.5. The van der Waals surface area contributed by atoms with E-state index in [2.05, 4.69) is 0 Å². The lowest BCUT2D eigenvalue weighted by molar-refractivity contribution is -0.176. The van der Waals surface area contributed by atoms with Gasteiger partial charge in [0.2, 0.25) is 0 Å². The molecular formula is C21H24F3NO4. The maximum absolute atomic E-state index is 12.9. The maximum atomic E-state index is 12.9. The zero-order valence-corrected chi connectivity index (χ0v) is 16.6. The third-order valence-electron chi connectivity index (χ3n) is 4.72. The third kappa shape index (κ3) is 4.82. The third-order valence-corrected chi connectivity index (χ3v) is 4.72. The van der Waals surface area contributed by atoms with Gasteiger partial charge in [0.1, 0.15) is 17.1 Å². The fourth-order valence-electron chi connectivity index (χ4n) is 3.19. The van der Waals surface area contributed by atoms with Crippen molar-refractivity contribution >= 4 is 5.91 Å². The van der Waals surface area contributed by atoms with E-state index in [0.717, 1.165) is 0 Å². The van der Waals surface area contributed by atoms with Gasteiger partial charge in [-0.25, -0.2) is 0 Å². The molecule has 2 N–H and O–H groups in total. The summed E-state index contributed by atoms with van der Waals surface area (Å²) in [5.74, 6) is -1.61. The standard InChI is InChI=1S/C21H24F3NO4/c1-13(2)18(25-19(26)21(22,23)24)20(27,14-5-9-16(28-3)10-6-14)15-7-11-17(29-4)12-8-15/h5-13,18,27H,1-4H3,(H,25,26)/t18-/m0/s1. The minimum absolute atomic E-state index is 0.310. The van der Waals surface area contributed by atoms with Crippen LogP contribution in [0, 0.1) is 5.92 Å². The Balaban J connectivity index is 2.63. The molecule has 0 saturated carbocycles. The first kappa shape index (κ1) is 22.5. The highest BCUT2D eigenvalue weighted by Gasteiger charge is 2.47. The Morgan fingerprint density at radius 3 is 1.55 bits per heavy atom. The number of nitrogens with one attached hydrogen (secondary N) is 1. The van der Waals surface area contributed by atoms with Gasteiger partial charge in [0, 0.05) is 0 Å². The topological polar surface area (TPSA) is 67.8 Å². The van der Waals surface area contributed by atoms with Crippen LogP contribution < -0.4 is 14.8 Å². The van der Waals surface area contributed by atoms with E-state index in [1.54, 1.807) is 62.4 Å². The number of rotatable bonds is 7. The van der Waals surface area contributed by atoms with Gasteiger partial charge in [-0.2, -0.15) is 13.2 Å². The molecule has 0 fully saturated rings. The van der Waals surface area contributed by atoms with Crippen molar-refractivity contribution in [2.75, 3.05) is 14.2 Å². The number of carbonyl (C=O) groups excluding carboxylic acids is 1. The zero-order chi connectivity index (χ0) is 21.8. The van der Waals surface area contributed by atoms with E-state index in [1.807, 2.05) is 5.32 Å². The lowest BCUT2D eigenvalue weighted by Crippen LogP contribution is -2.56. The van der Waals surface area contributed by atoms with Crippen molar-refractivity contribution in [2.24, 2.45) is 5.92 Å². The van der Waals surface area contributed by atoms with Crippen LogP contribution in [0.5, 0.6) is 11.5 Å². The van der Waals surface area contributed by atoms with Crippen molar-refractivity contribution in [3.63, 3.8) is 0 Å². The second-order valence-electron chi connectivity index (χ2n) is 6.92. The second-order valence-corrected chi connectivity index (χ2v) is 6.92. The fourth-order valence-corrected chi connectivity index (χ4v) is 3.19.